The lowest BCUT2D eigenvalue weighted by Gasteiger charge is -2.12. The van der Waals surface area contributed by atoms with Crippen LogP contribution in [0.2, 0.25) is 0 Å². The van der Waals surface area contributed by atoms with Gasteiger partial charge in [-0.15, -0.1) is 0 Å². The highest BCUT2D eigenvalue weighted by molar-refractivity contribution is 5.58. The maximum absolute atomic E-state index is 13.2. The zero-order valence-corrected chi connectivity index (χ0v) is 11.5. The molecule has 0 aliphatic carbocycles. The van der Waals surface area contributed by atoms with Gasteiger partial charge in [-0.1, -0.05) is 18.2 Å². The summed E-state index contributed by atoms with van der Waals surface area (Å²) in [7, 11) is 1.65. The SMILES string of the molecule is COc1ccc(C)cc1NCc1ccc(F)c(C)c1. The molecule has 19 heavy (non-hydrogen) atoms. The molecule has 0 bridgehead atoms. The van der Waals surface area contributed by atoms with Crippen molar-refractivity contribution in [2.75, 3.05) is 12.4 Å². The fourth-order valence-electron chi connectivity index (χ4n) is 1.97. The molecule has 2 nitrogen and oxygen atoms in total. The van der Waals surface area contributed by atoms with Crippen LogP contribution in [0.15, 0.2) is 36.4 Å². The number of benzene rings is 2. The van der Waals surface area contributed by atoms with E-state index >= 15 is 0 Å². The van der Waals surface area contributed by atoms with Gasteiger partial charge in [-0.05, 0) is 48.7 Å². The van der Waals surface area contributed by atoms with Gasteiger partial charge in [0.15, 0.2) is 0 Å². The van der Waals surface area contributed by atoms with Gasteiger partial charge in [0.25, 0.3) is 0 Å². The Morgan fingerprint density at radius 1 is 1.11 bits per heavy atom. The topological polar surface area (TPSA) is 21.3 Å². The van der Waals surface area contributed by atoms with Crippen molar-refractivity contribution in [3.05, 3.63) is 58.9 Å². The monoisotopic (exact) mass is 259 g/mol. The number of methoxy groups -OCH3 is 1. The molecule has 0 saturated heterocycles. The van der Waals surface area contributed by atoms with Gasteiger partial charge in [0, 0.05) is 6.54 Å². The Hall–Kier alpha value is -2.03. The third-order valence-electron chi connectivity index (χ3n) is 3.06. The molecule has 0 saturated carbocycles. The summed E-state index contributed by atoms with van der Waals surface area (Å²) in [6, 6.07) is 11.1. The second kappa shape index (κ2) is 5.74. The number of aryl methyl sites for hydroxylation is 2. The quantitative estimate of drug-likeness (QED) is 0.894. The van der Waals surface area contributed by atoms with Crippen LogP contribution in [0.3, 0.4) is 0 Å². The van der Waals surface area contributed by atoms with Crippen LogP contribution in [0.4, 0.5) is 10.1 Å². The second-order valence-corrected chi connectivity index (χ2v) is 4.64. The van der Waals surface area contributed by atoms with Gasteiger partial charge in [0.1, 0.15) is 11.6 Å². The summed E-state index contributed by atoms with van der Waals surface area (Å²) in [4.78, 5) is 0. The van der Waals surface area contributed by atoms with E-state index in [4.69, 9.17) is 4.74 Å². The fourth-order valence-corrected chi connectivity index (χ4v) is 1.97. The van der Waals surface area contributed by atoms with E-state index in [1.165, 1.54) is 11.6 Å². The Bertz CT molecular complexity index is 581. The third kappa shape index (κ3) is 3.25. The van der Waals surface area contributed by atoms with E-state index in [1.54, 1.807) is 20.1 Å². The zero-order chi connectivity index (χ0) is 13.8. The standard InChI is InChI=1S/C16H18FNO/c1-11-4-7-16(19-3)15(8-11)18-10-13-5-6-14(17)12(2)9-13/h4-9,18H,10H2,1-3H3. The van der Waals surface area contributed by atoms with Gasteiger partial charge < -0.3 is 10.1 Å². The van der Waals surface area contributed by atoms with Gasteiger partial charge in [-0.25, -0.2) is 4.39 Å². The molecule has 0 amide bonds. The van der Waals surface area contributed by atoms with Crippen molar-refractivity contribution in [1.82, 2.24) is 0 Å². The highest BCUT2D eigenvalue weighted by atomic mass is 19.1. The first kappa shape index (κ1) is 13.4. The van der Waals surface area contributed by atoms with E-state index < -0.39 is 0 Å². The van der Waals surface area contributed by atoms with Gasteiger partial charge in [0.2, 0.25) is 0 Å². The lowest BCUT2D eigenvalue weighted by Crippen LogP contribution is -2.02. The highest BCUT2D eigenvalue weighted by Gasteiger charge is 2.04. The number of hydrogen-bond acceptors (Lipinski definition) is 2. The second-order valence-electron chi connectivity index (χ2n) is 4.64. The number of ether oxygens (including phenoxy) is 1. The van der Waals surface area contributed by atoms with Crippen LogP contribution in [0.25, 0.3) is 0 Å². The number of anilines is 1. The van der Waals surface area contributed by atoms with Gasteiger partial charge >= 0.3 is 0 Å². The van der Waals surface area contributed by atoms with Gasteiger partial charge in [0.05, 0.1) is 12.8 Å². The molecule has 100 valence electrons. The Morgan fingerprint density at radius 2 is 1.89 bits per heavy atom. The minimum atomic E-state index is -0.170. The Morgan fingerprint density at radius 3 is 2.58 bits per heavy atom. The first-order valence-electron chi connectivity index (χ1n) is 6.23. The van der Waals surface area contributed by atoms with Crippen LogP contribution in [0, 0.1) is 19.7 Å². The van der Waals surface area contributed by atoms with Gasteiger partial charge in [-0.2, -0.15) is 0 Å². The predicted molar refractivity (Wildman–Crippen MR) is 76.2 cm³/mol. The van der Waals surface area contributed by atoms with Crippen LogP contribution in [-0.2, 0) is 6.54 Å². The highest BCUT2D eigenvalue weighted by Crippen LogP contribution is 2.25. The number of nitrogens with one attached hydrogen (secondary N) is 1. The molecule has 0 spiro atoms. The summed E-state index contributed by atoms with van der Waals surface area (Å²) in [5.41, 5.74) is 3.82. The van der Waals surface area contributed by atoms with E-state index in [-0.39, 0.29) is 5.82 Å². The van der Waals surface area contributed by atoms with Crippen molar-refractivity contribution in [1.29, 1.82) is 0 Å². The first-order valence-corrected chi connectivity index (χ1v) is 6.23. The van der Waals surface area contributed by atoms with Crippen molar-refractivity contribution in [3.63, 3.8) is 0 Å². The molecule has 2 aromatic rings. The minimum absolute atomic E-state index is 0.170. The summed E-state index contributed by atoms with van der Waals surface area (Å²) >= 11 is 0. The van der Waals surface area contributed by atoms with Gasteiger partial charge in [-0.3, -0.25) is 0 Å². The smallest absolute Gasteiger partial charge is 0.141 e. The maximum Gasteiger partial charge on any atom is 0.141 e. The Labute approximate surface area is 113 Å². The van der Waals surface area contributed by atoms with E-state index in [2.05, 4.69) is 5.32 Å². The molecule has 0 aromatic heterocycles. The molecule has 2 aromatic carbocycles. The predicted octanol–water partition coefficient (Wildman–Crippen LogP) is 4.06. The third-order valence-corrected chi connectivity index (χ3v) is 3.06. The Kier molecular flexibility index (Phi) is 4.05. The Balaban J connectivity index is 2.13. The van der Waals surface area contributed by atoms with E-state index in [0.29, 0.717) is 12.1 Å². The van der Waals surface area contributed by atoms with Crippen LogP contribution < -0.4 is 10.1 Å². The molecule has 0 atom stereocenters. The van der Waals surface area contributed by atoms with Crippen molar-refractivity contribution in [3.8, 4) is 5.75 Å². The van der Waals surface area contributed by atoms with E-state index in [1.807, 2.05) is 31.2 Å². The molecule has 1 N–H and O–H groups in total. The molecular formula is C16H18FNO. The average molecular weight is 259 g/mol. The number of hydrogen-bond donors (Lipinski definition) is 1. The van der Waals surface area contributed by atoms with Crippen molar-refractivity contribution < 1.29 is 9.13 Å². The first-order chi connectivity index (χ1) is 9.10. The molecule has 0 unspecified atom stereocenters. The lowest BCUT2D eigenvalue weighted by molar-refractivity contribution is 0.416. The summed E-state index contributed by atoms with van der Waals surface area (Å²) in [5, 5.41) is 3.32. The normalized spacial score (nSPS) is 10.3. The van der Waals surface area contributed by atoms with Crippen LogP contribution in [0.1, 0.15) is 16.7 Å². The molecule has 2 rings (SSSR count). The fraction of sp³-hybridized carbons (Fsp3) is 0.250. The summed E-state index contributed by atoms with van der Waals surface area (Å²) in [5.74, 6) is 0.640. The van der Waals surface area contributed by atoms with Crippen molar-refractivity contribution in [2.24, 2.45) is 0 Å². The molecule has 0 fully saturated rings. The van der Waals surface area contributed by atoms with Crippen LogP contribution >= 0.6 is 0 Å². The van der Waals surface area contributed by atoms with Crippen molar-refractivity contribution in [2.45, 2.75) is 20.4 Å². The van der Waals surface area contributed by atoms with E-state index in [0.717, 1.165) is 17.0 Å². The summed E-state index contributed by atoms with van der Waals surface area (Å²) < 4.78 is 18.5. The minimum Gasteiger partial charge on any atom is -0.495 e. The molecule has 0 heterocycles. The maximum atomic E-state index is 13.2. The zero-order valence-electron chi connectivity index (χ0n) is 11.5. The van der Waals surface area contributed by atoms with E-state index in [9.17, 15) is 4.39 Å². The lowest BCUT2D eigenvalue weighted by atomic mass is 10.1. The molecule has 0 aliphatic rings. The largest absolute Gasteiger partial charge is 0.495 e. The summed E-state index contributed by atoms with van der Waals surface area (Å²) in [6.45, 7) is 4.44. The number of halogens is 1. The van der Waals surface area contributed by atoms with Crippen LogP contribution in [-0.4, -0.2) is 7.11 Å². The molecule has 0 radical (unpaired) electrons. The summed E-state index contributed by atoms with van der Waals surface area (Å²) in [6.07, 6.45) is 0. The van der Waals surface area contributed by atoms with Crippen LogP contribution in [0.5, 0.6) is 5.75 Å². The molecule has 0 aliphatic heterocycles. The average Bonchev–Trinajstić information content (AvgIpc) is 2.40. The number of rotatable bonds is 4. The van der Waals surface area contributed by atoms with Crippen molar-refractivity contribution >= 4 is 5.69 Å². The molecular weight excluding hydrogens is 241 g/mol. The molecule has 3 heteroatoms.